The summed E-state index contributed by atoms with van der Waals surface area (Å²) >= 11 is 0. The number of H-pyrrole nitrogens is 1. The van der Waals surface area contributed by atoms with Gasteiger partial charge in [-0.3, -0.25) is 4.79 Å². The van der Waals surface area contributed by atoms with Crippen molar-refractivity contribution in [1.82, 2.24) is 4.98 Å². The van der Waals surface area contributed by atoms with E-state index in [1.807, 2.05) is 54.7 Å². The van der Waals surface area contributed by atoms with Gasteiger partial charge in [-0.05, 0) is 54.3 Å². The van der Waals surface area contributed by atoms with Crippen LogP contribution in [0.15, 0.2) is 79.0 Å². The van der Waals surface area contributed by atoms with E-state index in [9.17, 15) is 4.79 Å². The van der Waals surface area contributed by atoms with Crippen molar-refractivity contribution < 1.29 is 4.79 Å². The lowest BCUT2D eigenvalue weighted by Gasteiger charge is -2.17. The van der Waals surface area contributed by atoms with Crippen molar-refractivity contribution in [3.63, 3.8) is 0 Å². The molecule has 3 aromatic carbocycles. The molecule has 1 atom stereocenters. The van der Waals surface area contributed by atoms with Crippen LogP contribution in [0.3, 0.4) is 0 Å². The number of benzene rings is 3. The Morgan fingerprint density at radius 3 is 2.46 bits per heavy atom. The predicted molar refractivity (Wildman–Crippen MR) is 116 cm³/mol. The summed E-state index contributed by atoms with van der Waals surface area (Å²) in [5.74, 6) is 0.00582. The Bertz CT molecular complexity index is 1110. The first-order valence-corrected chi connectivity index (χ1v) is 9.60. The molecule has 0 fully saturated rings. The molecule has 28 heavy (non-hydrogen) atoms. The third kappa shape index (κ3) is 3.70. The molecule has 4 aromatic rings. The van der Waals surface area contributed by atoms with E-state index in [-0.39, 0.29) is 11.8 Å². The molecule has 4 rings (SSSR count). The quantitative estimate of drug-likeness (QED) is 0.449. The zero-order valence-electron chi connectivity index (χ0n) is 16.2. The minimum absolute atomic E-state index is 0.0103. The van der Waals surface area contributed by atoms with E-state index in [4.69, 9.17) is 0 Å². The van der Waals surface area contributed by atoms with Gasteiger partial charge in [-0.15, -0.1) is 0 Å². The lowest BCUT2D eigenvalue weighted by Crippen LogP contribution is -2.16. The lowest BCUT2D eigenvalue weighted by molar-refractivity contribution is -0.116. The highest BCUT2D eigenvalue weighted by atomic mass is 16.1. The summed E-state index contributed by atoms with van der Waals surface area (Å²) in [4.78, 5) is 16.2. The number of aryl methyl sites for hydroxylation is 2. The van der Waals surface area contributed by atoms with Gasteiger partial charge < -0.3 is 10.3 Å². The maximum Gasteiger partial charge on any atom is 0.225 e. The molecule has 1 amide bonds. The molecule has 0 saturated heterocycles. The summed E-state index contributed by atoms with van der Waals surface area (Å²) in [7, 11) is 0. The predicted octanol–water partition coefficient (Wildman–Crippen LogP) is 5.95. The molecule has 140 valence electrons. The van der Waals surface area contributed by atoms with E-state index in [0.717, 1.165) is 27.7 Å². The fraction of sp³-hybridized carbons (Fsp3) is 0.160. The van der Waals surface area contributed by atoms with E-state index < -0.39 is 0 Å². The first-order valence-electron chi connectivity index (χ1n) is 9.60. The highest BCUT2D eigenvalue weighted by Crippen LogP contribution is 2.33. The summed E-state index contributed by atoms with van der Waals surface area (Å²) in [6.45, 7) is 4.13. The van der Waals surface area contributed by atoms with Crippen LogP contribution in [0.4, 0.5) is 5.69 Å². The molecule has 1 heterocycles. The molecule has 0 radical (unpaired) electrons. The van der Waals surface area contributed by atoms with Crippen molar-refractivity contribution in [2.75, 3.05) is 5.32 Å². The smallest absolute Gasteiger partial charge is 0.225 e. The van der Waals surface area contributed by atoms with Crippen LogP contribution in [0, 0.1) is 13.8 Å². The molecule has 1 aromatic heterocycles. The van der Waals surface area contributed by atoms with Crippen LogP contribution in [0.2, 0.25) is 0 Å². The van der Waals surface area contributed by atoms with Gasteiger partial charge in [0.25, 0.3) is 0 Å². The first kappa shape index (κ1) is 18.1. The number of hydrogen-bond donors (Lipinski definition) is 2. The van der Waals surface area contributed by atoms with Gasteiger partial charge in [-0.2, -0.15) is 0 Å². The van der Waals surface area contributed by atoms with Gasteiger partial charge in [0.1, 0.15) is 0 Å². The van der Waals surface area contributed by atoms with E-state index in [1.54, 1.807) is 0 Å². The second-order valence-corrected chi connectivity index (χ2v) is 7.30. The molecular formula is C25H24N2O. The Labute approximate surface area is 165 Å². The second-order valence-electron chi connectivity index (χ2n) is 7.30. The summed E-state index contributed by atoms with van der Waals surface area (Å²) in [6, 6.07) is 24.5. The zero-order chi connectivity index (χ0) is 19.5. The topological polar surface area (TPSA) is 44.9 Å². The Kier molecular flexibility index (Phi) is 4.98. The molecular weight excluding hydrogens is 344 g/mol. The molecule has 3 heteroatoms. The van der Waals surface area contributed by atoms with E-state index >= 15 is 0 Å². The number of anilines is 1. The van der Waals surface area contributed by atoms with Crippen molar-refractivity contribution in [2.24, 2.45) is 0 Å². The number of carbonyl (C=O) groups is 1. The third-order valence-corrected chi connectivity index (χ3v) is 5.38. The van der Waals surface area contributed by atoms with Gasteiger partial charge in [0.2, 0.25) is 5.91 Å². The molecule has 0 aliphatic heterocycles. The SMILES string of the molecule is Cc1ccc(NC(=O)CC(c2ccccc2)c2c[nH]c3ccccc23)cc1C. The van der Waals surface area contributed by atoms with Crippen LogP contribution in [0.5, 0.6) is 0 Å². The molecule has 3 nitrogen and oxygen atoms in total. The van der Waals surface area contributed by atoms with E-state index in [1.165, 1.54) is 11.1 Å². The number of fused-ring (bicyclic) bond motifs is 1. The maximum absolute atomic E-state index is 12.9. The number of aromatic nitrogens is 1. The van der Waals surface area contributed by atoms with Gasteiger partial charge in [0, 0.05) is 35.1 Å². The molecule has 2 N–H and O–H groups in total. The third-order valence-electron chi connectivity index (χ3n) is 5.38. The number of rotatable bonds is 5. The van der Waals surface area contributed by atoms with Crippen molar-refractivity contribution in [1.29, 1.82) is 0 Å². The standard InChI is InChI=1S/C25H24N2O/c1-17-12-13-20(14-18(17)2)27-25(28)15-22(19-8-4-3-5-9-19)23-16-26-24-11-7-6-10-21(23)24/h3-14,16,22,26H,15H2,1-2H3,(H,27,28). The summed E-state index contributed by atoms with van der Waals surface area (Å²) < 4.78 is 0. The van der Waals surface area contributed by atoms with Crippen LogP contribution in [-0.4, -0.2) is 10.9 Å². The molecule has 0 bridgehead atoms. The van der Waals surface area contributed by atoms with Crippen molar-refractivity contribution in [2.45, 2.75) is 26.2 Å². The van der Waals surface area contributed by atoms with Crippen LogP contribution in [0.25, 0.3) is 10.9 Å². The lowest BCUT2D eigenvalue weighted by atomic mass is 9.88. The maximum atomic E-state index is 12.9. The Balaban J connectivity index is 1.64. The fourth-order valence-electron chi connectivity index (χ4n) is 3.69. The minimum atomic E-state index is -0.0103. The normalized spacial score (nSPS) is 12.1. The summed E-state index contributed by atoms with van der Waals surface area (Å²) in [6.07, 6.45) is 2.42. The summed E-state index contributed by atoms with van der Waals surface area (Å²) in [5.41, 5.74) is 6.62. The van der Waals surface area contributed by atoms with Crippen LogP contribution in [-0.2, 0) is 4.79 Å². The number of aromatic amines is 1. The zero-order valence-corrected chi connectivity index (χ0v) is 16.2. The molecule has 0 aliphatic carbocycles. The van der Waals surface area contributed by atoms with Gasteiger partial charge in [-0.1, -0.05) is 54.6 Å². The largest absolute Gasteiger partial charge is 0.361 e. The van der Waals surface area contributed by atoms with E-state index in [0.29, 0.717) is 6.42 Å². The van der Waals surface area contributed by atoms with E-state index in [2.05, 4.69) is 48.4 Å². The fourth-order valence-corrected chi connectivity index (χ4v) is 3.69. The Morgan fingerprint density at radius 1 is 0.929 bits per heavy atom. The monoisotopic (exact) mass is 368 g/mol. The molecule has 1 unspecified atom stereocenters. The first-order chi connectivity index (χ1) is 13.6. The van der Waals surface area contributed by atoms with Gasteiger partial charge in [0.05, 0.1) is 0 Å². The van der Waals surface area contributed by atoms with Gasteiger partial charge >= 0.3 is 0 Å². The molecule has 0 spiro atoms. The highest BCUT2D eigenvalue weighted by molar-refractivity contribution is 5.93. The van der Waals surface area contributed by atoms with Crippen LogP contribution in [0.1, 0.15) is 34.6 Å². The minimum Gasteiger partial charge on any atom is -0.361 e. The molecule has 0 aliphatic rings. The Morgan fingerprint density at radius 2 is 1.68 bits per heavy atom. The highest BCUT2D eigenvalue weighted by Gasteiger charge is 2.21. The Hall–Kier alpha value is -3.33. The van der Waals surface area contributed by atoms with Gasteiger partial charge in [-0.25, -0.2) is 0 Å². The van der Waals surface area contributed by atoms with Crippen molar-refractivity contribution in [3.8, 4) is 0 Å². The van der Waals surface area contributed by atoms with Crippen LogP contribution < -0.4 is 5.32 Å². The van der Waals surface area contributed by atoms with Crippen molar-refractivity contribution >= 4 is 22.5 Å². The van der Waals surface area contributed by atoms with Crippen LogP contribution >= 0.6 is 0 Å². The average Bonchev–Trinajstić information content (AvgIpc) is 3.13. The number of para-hydroxylation sites is 1. The molecule has 0 saturated carbocycles. The number of hydrogen-bond acceptors (Lipinski definition) is 1. The average molecular weight is 368 g/mol. The van der Waals surface area contributed by atoms with Crippen molar-refractivity contribution in [3.05, 3.63) is 101 Å². The van der Waals surface area contributed by atoms with Gasteiger partial charge in [0.15, 0.2) is 0 Å². The number of nitrogens with one attached hydrogen (secondary N) is 2. The number of carbonyl (C=O) groups excluding carboxylic acids is 1. The number of amides is 1. The second kappa shape index (κ2) is 7.73. The summed E-state index contributed by atoms with van der Waals surface area (Å²) in [5, 5.41) is 4.23.